The summed E-state index contributed by atoms with van der Waals surface area (Å²) in [6, 6.07) is 7.77. The minimum Gasteiger partial charge on any atom is -0.489 e. The molecule has 1 aromatic carbocycles. The number of rotatable bonds is 4. The second kappa shape index (κ2) is 5.01. The zero-order valence-corrected chi connectivity index (χ0v) is 10.1. The monoisotopic (exact) mass is 232 g/mol. The molecule has 0 aliphatic carbocycles. The van der Waals surface area contributed by atoms with Crippen LogP contribution in [0.25, 0.3) is 0 Å². The normalized spacial score (nSPS) is 10.5. The molecule has 0 atom stereocenters. The van der Waals surface area contributed by atoms with Crippen molar-refractivity contribution in [2.45, 2.75) is 27.0 Å². The first-order chi connectivity index (χ1) is 8.20. The molecule has 2 aromatic rings. The number of nitrogens with two attached hydrogens (primary N) is 1. The summed E-state index contributed by atoms with van der Waals surface area (Å²) in [6.07, 6.45) is 0. The van der Waals surface area contributed by atoms with Crippen molar-refractivity contribution in [2.24, 2.45) is 5.73 Å². The van der Waals surface area contributed by atoms with E-state index in [0.29, 0.717) is 13.2 Å². The first kappa shape index (κ1) is 11.7. The highest BCUT2D eigenvalue weighted by Crippen LogP contribution is 2.18. The zero-order valence-electron chi connectivity index (χ0n) is 10.1. The topological polar surface area (TPSA) is 61.3 Å². The Morgan fingerprint density at radius 3 is 2.82 bits per heavy atom. The fraction of sp³-hybridized carbons (Fsp3) is 0.308. The first-order valence-electron chi connectivity index (χ1n) is 5.54. The van der Waals surface area contributed by atoms with Crippen molar-refractivity contribution in [3.8, 4) is 5.75 Å². The van der Waals surface area contributed by atoms with Gasteiger partial charge in [-0.05, 0) is 31.5 Å². The van der Waals surface area contributed by atoms with Crippen LogP contribution in [-0.2, 0) is 13.2 Å². The van der Waals surface area contributed by atoms with Crippen molar-refractivity contribution in [2.75, 3.05) is 0 Å². The van der Waals surface area contributed by atoms with Gasteiger partial charge in [0.25, 0.3) is 0 Å². The molecular weight excluding hydrogens is 216 g/mol. The molecule has 2 N–H and O–H groups in total. The molecule has 90 valence electrons. The number of nitrogens with zero attached hydrogens (tertiary/aromatic N) is 1. The summed E-state index contributed by atoms with van der Waals surface area (Å²) in [6.45, 7) is 4.78. The largest absolute Gasteiger partial charge is 0.489 e. The fourth-order valence-electron chi connectivity index (χ4n) is 1.63. The summed E-state index contributed by atoms with van der Waals surface area (Å²) in [4.78, 5) is 0. The molecule has 0 saturated carbocycles. The van der Waals surface area contributed by atoms with Crippen LogP contribution < -0.4 is 10.5 Å². The van der Waals surface area contributed by atoms with Gasteiger partial charge in [0, 0.05) is 6.54 Å². The van der Waals surface area contributed by atoms with Crippen molar-refractivity contribution in [3.63, 3.8) is 0 Å². The zero-order chi connectivity index (χ0) is 12.3. The highest BCUT2D eigenvalue weighted by molar-refractivity contribution is 5.29. The quantitative estimate of drug-likeness (QED) is 0.878. The summed E-state index contributed by atoms with van der Waals surface area (Å²) in [5.74, 6) is 1.62. The Balaban J connectivity index is 2.07. The molecule has 0 aliphatic heterocycles. The highest BCUT2D eigenvalue weighted by Gasteiger charge is 2.09. The van der Waals surface area contributed by atoms with E-state index in [4.69, 9.17) is 15.0 Å². The molecule has 0 unspecified atom stereocenters. The maximum absolute atomic E-state index is 5.70. The molecule has 2 rings (SSSR count). The minimum atomic E-state index is 0.467. The molecule has 0 amide bonds. The number of ether oxygens (including phenoxy) is 1. The van der Waals surface area contributed by atoms with E-state index >= 15 is 0 Å². The Morgan fingerprint density at radius 2 is 2.18 bits per heavy atom. The third-order valence-electron chi connectivity index (χ3n) is 2.70. The van der Waals surface area contributed by atoms with Gasteiger partial charge in [-0.25, -0.2) is 0 Å². The first-order valence-corrected chi connectivity index (χ1v) is 5.54. The standard InChI is InChI=1S/C13H16N2O2/c1-9-13(10(2)17-15-9)8-16-12-5-3-4-11(6-12)7-14/h3-6H,7-8,14H2,1-2H3. The van der Waals surface area contributed by atoms with Crippen LogP contribution in [0.4, 0.5) is 0 Å². The molecule has 0 aliphatic rings. The van der Waals surface area contributed by atoms with Crippen LogP contribution in [0.5, 0.6) is 5.75 Å². The molecule has 1 aromatic heterocycles. The lowest BCUT2D eigenvalue weighted by Crippen LogP contribution is -2.00. The Bertz CT molecular complexity index is 486. The number of hydrogen-bond donors (Lipinski definition) is 1. The predicted molar refractivity (Wildman–Crippen MR) is 64.6 cm³/mol. The van der Waals surface area contributed by atoms with E-state index in [2.05, 4.69) is 5.16 Å². The van der Waals surface area contributed by atoms with Crippen LogP contribution in [0.1, 0.15) is 22.6 Å². The Kier molecular flexibility index (Phi) is 3.44. The van der Waals surface area contributed by atoms with E-state index in [1.807, 2.05) is 38.1 Å². The summed E-state index contributed by atoms with van der Waals surface area (Å²) in [5, 5.41) is 3.89. The van der Waals surface area contributed by atoms with E-state index in [0.717, 1.165) is 28.3 Å². The predicted octanol–water partition coefficient (Wildman–Crippen LogP) is 2.33. The number of aryl methyl sites for hydroxylation is 2. The lowest BCUT2D eigenvalue weighted by molar-refractivity contribution is 0.301. The molecule has 0 bridgehead atoms. The number of hydrogen-bond acceptors (Lipinski definition) is 4. The van der Waals surface area contributed by atoms with Gasteiger partial charge in [-0.1, -0.05) is 17.3 Å². The van der Waals surface area contributed by atoms with Gasteiger partial charge in [-0.3, -0.25) is 0 Å². The van der Waals surface area contributed by atoms with E-state index in [1.165, 1.54) is 0 Å². The fourth-order valence-corrected chi connectivity index (χ4v) is 1.63. The van der Waals surface area contributed by atoms with Crippen molar-refractivity contribution < 1.29 is 9.26 Å². The molecule has 4 nitrogen and oxygen atoms in total. The Hall–Kier alpha value is -1.81. The van der Waals surface area contributed by atoms with Crippen LogP contribution in [0.3, 0.4) is 0 Å². The summed E-state index contributed by atoms with van der Waals surface area (Å²) in [7, 11) is 0. The van der Waals surface area contributed by atoms with Gasteiger partial charge in [0.15, 0.2) is 0 Å². The Morgan fingerprint density at radius 1 is 1.35 bits per heavy atom. The number of benzene rings is 1. The van der Waals surface area contributed by atoms with Crippen LogP contribution in [-0.4, -0.2) is 5.16 Å². The minimum absolute atomic E-state index is 0.467. The van der Waals surface area contributed by atoms with E-state index < -0.39 is 0 Å². The van der Waals surface area contributed by atoms with Crippen LogP contribution in [0.2, 0.25) is 0 Å². The average molecular weight is 232 g/mol. The molecule has 1 heterocycles. The van der Waals surface area contributed by atoms with Gasteiger partial charge in [-0.15, -0.1) is 0 Å². The molecule has 0 saturated heterocycles. The third kappa shape index (κ3) is 2.65. The second-order valence-electron chi connectivity index (χ2n) is 3.94. The van der Waals surface area contributed by atoms with Gasteiger partial charge < -0.3 is 15.0 Å². The summed E-state index contributed by atoms with van der Waals surface area (Å²) >= 11 is 0. The maximum Gasteiger partial charge on any atom is 0.140 e. The molecule has 0 fully saturated rings. The van der Waals surface area contributed by atoms with Crippen LogP contribution in [0.15, 0.2) is 28.8 Å². The third-order valence-corrected chi connectivity index (χ3v) is 2.70. The van der Waals surface area contributed by atoms with Crippen LogP contribution >= 0.6 is 0 Å². The van der Waals surface area contributed by atoms with Gasteiger partial charge in [0.2, 0.25) is 0 Å². The second-order valence-corrected chi connectivity index (χ2v) is 3.94. The SMILES string of the molecule is Cc1noc(C)c1COc1cccc(CN)c1. The smallest absolute Gasteiger partial charge is 0.140 e. The van der Waals surface area contributed by atoms with Crippen molar-refractivity contribution in [3.05, 3.63) is 46.8 Å². The average Bonchev–Trinajstić information content (AvgIpc) is 2.67. The lowest BCUT2D eigenvalue weighted by atomic mass is 10.2. The summed E-state index contributed by atoms with van der Waals surface area (Å²) < 4.78 is 10.8. The van der Waals surface area contributed by atoms with Crippen molar-refractivity contribution in [1.82, 2.24) is 5.16 Å². The van der Waals surface area contributed by atoms with Gasteiger partial charge >= 0.3 is 0 Å². The van der Waals surface area contributed by atoms with Crippen molar-refractivity contribution in [1.29, 1.82) is 0 Å². The van der Waals surface area contributed by atoms with Gasteiger partial charge in [-0.2, -0.15) is 0 Å². The Labute approximate surface area is 100 Å². The molecule has 0 radical (unpaired) electrons. The van der Waals surface area contributed by atoms with Gasteiger partial charge in [0.1, 0.15) is 18.1 Å². The molecule has 0 spiro atoms. The molecule has 4 heteroatoms. The van der Waals surface area contributed by atoms with Gasteiger partial charge in [0.05, 0.1) is 11.3 Å². The highest BCUT2D eigenvalue weighted by atomic mass is 16.5. The number of aromatic nitrogens is 1. The molecule has 17 heavy (non-hydrogen) atoms. The van der Waals surface area contributed by atoms with Crippen molar-refractivity contribution >= 4 is 0 Å². The van der Waals surface area contributed by atoms with E-state index in [1.54, 1.807) is 0 Å². The lowest BCUT2D eigenvalue weighted by Gasteiger charge is -2.06. The van der Waals surface area contributed by atoms with E-state index in [-0.39, 0.29) is 0 Å². The molecular formula is C13H16N2O2. The maximum atomic E-state index is 5.70. The van der Waals surface area contributed by atoms with E-state index in [9.17, 15) is 0 Å². The van der Waals surface area contributed by atoms with Crippen LogP contribution in [0, 0.1) is 13.8 Å². The summed E-state index contributed by atoms with van der Waals surface area (Å²) in [5.41, 5.74) is 8.51.